The quantitative estimate of drug-likeness (QED) is 0.570. The van der Waals surface area contributed by atoms with Crippen molar-refractivity contribution >= 4 is 0 Å². The first-order valence-corrected chi connectivity index (χ1v) is 3.66. The number of aliphatic hydroxyl groups excluding tert-OH is 1. The van der Waals surface area contributed by atoms with Gasteiger partial charge in [0.2, 0.25) is 0 Å². The monoisotopic (exact) mass is 146 g/mol. The highest BCUT2D eigenvalue weighted by molar-refractivity contribution is 4.76. The second kappa shape index (κ2) is 4.66. The largest absolute Gasteiger partial charge is 0.395 e. The van der Waals surface area contributed by atoms with E-state index in [-0.39, 0.29) is 18.7 Å². The standard InChI is InChI=1S/C7H18N2O/c1-4-6(8)7(5-10)9(2)3/h6-7,10H,4-5,8H2,1-3H3. The lowest BCUT2D eigenvalue weighted by atomic mass is 10.1. The molecule has 0 saturated heterocycles. The highest BCUT2D eigenvalue weighted by Gasteiger charge is 2.16. The Labute approximate surface area is 62.8 Å². The zero-order chi connectivity index (χ0) is 8.15. The average molecular weight is 146 g/mol. The molecule has 0 aliphatic heterocycles. The lowest BCUT2D eigenvalue weighted by Gasteiger charge is -2.27. The summed E-state index contributed by atoms with van der Waals surface area (Å²) in [5.74, 6) is 0. The fourth-order valence-electron chi connectivity index (χ4n) is 0.954. The number of hydrogen-bond acceptors (Lipinski definition) is 3. The van der Waals surface area contributed by atoms with E-state index in [9.17, 15) is 0 Å². The molecule has 0 rings (SSSR count). The second-order valence-electron chi connectivity index (χ2n) is 2.79. The molecule has 62 valence electrons. The topological polar surface area (TPSA) is 49.5 Å². The summed E-state index contributed by atoms with van der Waals surface area (Å²) in [4.78, 5) is 1.95. The minimum absolute atomic E-state index is 0.0833. The van der Waals surface area contributed by atoms with Gasteiger partial charge in [-0.05, 0) is 20.5 Å². The van der Waals surface area contributed by atoms with Gasteiger partial charge in [-0.25, -0.2) is 0 Å². The highest BCUT2D eigenvalue weighted by Crippen LogP contribution is 2.00. The van der Waals surface area contributed by atoms with Crippen molar-refractivity contribution in [3.63, 3.8) is 0 Å². The molecule has 2 atom stereocenters. The Hall–Kier alpha value is -0.120. The van der Waals surface area contributed by atoms with Crippen LogP contribution in [0.4, 0.5) is 0 Å². The minimum Gasteiger partial charge on any atom is -0.395 e. The molecule has 0 aromatic rings. The van der Waals surface area contributed by atoms with E-state index >= 15 is 0 Å². The van der Waals surface area contributed by atoms with Crippen molar-refractivity contribution in [1.82, 2.24) is 4.90 Å². The van der Waals surface area contributed by atoms with Gasteiger partial charge >= 0.3 is 0 Å². The van der Waals surface area contributed by atoms with Gasteiger partial charge in [0.25, 0.3) is 0 Å². The van der Waals surface area contributed by atoms with Crippen LogP contribution in [0.3, 0.4) is 0 Å². The number of nitrogens with two attached hydrogens (primary N) is 1. The predicted molar refractivity (Wildman–Crippen MR) is 42.8 cm³/mol. The van der Waals surface area contributed by atoms with E-state index in [0.717, 1.165) is 6.42 Å². The van der Waals surface area contributed by atoms with Crippen molar-refractivity contribution in [2.75, 3.05) is 20.7 Å². The maximum atomic E-state index is 8.88. The third-order valence-electron chi connectivity index (χ3n) is 1.82. The summed E-state index contributed by atoms with van der Waals surface area (Å²) >= 11 is 0. The predicted octanol–water partition coefficient (Wildman–Crippen LogP) is -0.354. The fourth-order valence-corrected chi connectivity index (χ4v) is 0.954. The molecule has 0 aliphatic rings. The normalized spacial score (nSPS) is 17.4. The molecule has 3 N–H and O–H groups in total. The van der Waals surface area contributed by atoms with Crippen LogP contribution in [-0.4, -0.2) is 42.8 Å². The van der Waals surface area contributed by atoms with Crippen LogP contribution in [0.5, 0.6) is 0 Å². The van der Waals surface area contributed by atoms with Gasteiger partial charge in [0.15, 0.2) is 0 Å². The van der Waals surface area contributed by atoms with Crippen LogP contribution in [-0.2, 0) is 0 Å². The van der Waals surface area contributed by atoms with Gasteiger partial charge in [0, 0.05) is 12.1 Å². The molecule has 3 nitrogen and oxygen atoms in total. The summed E-state index contributed by atoms with van der Waals surface area (Å²) in [6.45, 7) is 2.17. The van der Waals surface area contributed by atoms with Gasteiger partial charge in [0.05, 0.1) is 6.61 Å². The summed E-state index contributed by atoms with van der Waals surface area (Å²) in [7, 11) is 3.85. The number of nitrogens with zero attached hydrogens (tertiary/aromatic N) is 1. The Morgan fingerprint density at radius 1 is 1.50 bits per heavy atom. The summed E-state index contributed by atoms with van der Waals surface area (Å²) in [6.07, 6.45) is 0.906. The van der Waals surface area contributed by atoms with Gasteiger partial charge in [-0.1, -0.05) is 6.92 Å². The summed E-state index contributed by atoms with van der Waals surface area (Å²) < 4.78 is 0. The van der Waals surface area contributed by atoms with Crippen LogP contribution < -0.4 is 5.73 Å². The van der Waals surface area contributed by atoms with E-state index in [1.807, 2.05) is 25.9 Å². The van der Waals surface area contributed by atoms with Gasteiger partial charge in [0.1, 0.15) is 0 Å². The van der Waals surface area contributed by atoms with Crippen molar-refractivity contribution in [2.24, 2.45) is 5.73 Å². The molecule has 0 amide bonds. The Morgan fingerprint density at radius 3 is 2.10 bits per heavy atom. The maximum Gasteiger partial charge on any atom is 0.0601 e. The Morgan fingerprint density at radius 2 is 2.00 bits per heavy atom. The zero-order valence-electron chi connectivity index (χ0n) is 7.04. The maximum absolute atomic E-state index is 8.88. The molecule has 0 saturated carbocycles. The van der Waals surface area contributed by atoms with Crippen molar-refractivity contribution in [3.8, 4) is 0 Å². The molecule has 0 spiro atoms. The molecule has 0 heterocycles. The van der Waals surface area contributed by atoms with E-state index in [1.165, 1.54) is 0 Å². The van der Waals surface area contributed by atoms with Crippen LogP contribution >= 0.6 is 0 Å². The van der Waals surface area contributed by atoms with Gasteiger partial charge in [-0.2, -0.15) is 0 Å². The van der Waals surface area contributed by atoms with Crippen molar-refractivity contribution in [3.05, 3.63) is 0 Å². The summed E-state index contributed by atoms with van der Waals surface area (Å²) in [5.41, 5.74) is 5.73. The first kappa shape index (κ1) is 9.88. The molecule has 0 fully saturated rings. The Bertz CT molecular complexity index is 85.7. The van der Waals surface area contributed by atoms with Crippen molar-refractivity contribution in [1.29, 1.82) is 0 Å². The van der Waals surface area contributed by atoms with Gasteiger partial charge in [-0.3, -0.25) is 0 Å². The van der Waals surface area contributed by atoms with E-state index in [0.29, 0.717) is 0 Å². The minimum atomic E-state index is 0.0833. The number of aliphatic hydroxyl groups is 1. The van der Waals surface area contributed by atoms with Gasteiger partial charge in [-0.15, -0.1) is 0 Å². The summed E-state index contributed by atoms with van der Waals surface area (Å²) in [6, 6.07) is 0.185. The molecular weight excluding hydrogens is 128 g/mol. The van der Waals surface area contributed by atoms with Crippen LogP contribution in [0.15, 0.2) is 0 Å². The molecule has 0 aromatic carbocycles. The first-order valence-electron chi connectivity index (χ1n) is 3.66. The van der Waals surface area contributed by atoms with E-state index in [1.54, 1.807) is 0 Å². The van der Waals surface area contributed by atoms with Crippen LogP contribution in [0.25, 0.3) is 0 Å². The van der Waals surface area contributed by atoms with Crippen LogP contribution in [0.1, 0.15) is 13.3 Å². The number of likely N-dealkylation sites (N-methyl/N-ethyl adjacent to an activating group) is 1. The van der Waals surface area contributed by atoms with Crippen molar-refractivity contribution < 1.29 is 5.11 Å². The van der Waals surface area contributed by atoms with E-state index in [4.69, 9.17) is 10.8 Å². The third-order valence-corrected chi connectivity index (χ3v) is 1.82. The lowest BCUT2D eigenvalue weighted by molar-refractivity contribution is 0.146. The molecule has 0 radical (unpaired) electrons. The number of hydrogen-bond donors (Lipinski definition) is 2. The molecule has 0 aromatic heterocycles. The van der Waals surface area contributed by atoms with Crippen LogP contribution in [0.2, 0.25) is 0 Å². The number of rotatable bonds is 4. The van der Waals surface area contributed by atoms with Crippen LogP contribution in [0, 0.1) is 0 Å². The van der Waals surface area contributed by atoms with Crippen molar-refractivity contribution in [2.45, 2.75) is 25.4 Å². The van der Waals surface area contributed by atoms with Gasteiger partial charge < -0.3 is 15.7 Å². The smallest absolute Gasteiger partial charge is 0.0601 e. The first-order chi connectivity index (χ1) is 4.63. The third kappa shape index (κ3) is 2.64. The molecule has 0 bridgehead atoms. The zero-order valence-corrected chi connectivity index (χ0v) is 7.04. The lowest BCUT2D eigenvalue weighted by Crippen LogP contribution is -2.46. The Balaban J connectivity index is 3.80. The molecule has 3 heteroatoms. The molecule has 0 aliphatic carbocycles. The highest BCUT2D eigenvalue weighted by atomic mass is 16.3. The SMILES string of the molecule is CCC(N)C(CO)N(C)C. The van der Waals surface area contributed by atoms with E-state index < -0.39 is 0 Å². The average Bonchev–Trinajstić information content (AvgIpc) is 1.88. The summed E-state index contributed by atoms with van der Waals surface area (Å²) in [5, 5.41) is 8.88. The molecule has 10 heavy (non-hydrogen) atoms. The Kier molecular flexibility index (Phi) is 4.60. The van der Waals surface area contributed by atoms with E-state index in [2.05, 4.69) is 0 Å². The fraction of sp³-hybridized carbons (Fsp3) is 1.00. The molecule has 2 unspecified atom stereocenters. The molecular formula is C7H18N2O. The second-order valence-corrected chi connectivity index (χ2v) is 2.79.